The Morgan fingerprint density at radius 3 is 2.57 bits per heavy atom. The molecule has 2 rings (SSSR count). The minimum atomic E-state index is 0.594. The number of aromatic amines is 1. The molecule has 1 aromatic carbocycles. The van der Waals surface area contributed by atoms with Crippen molar-refractivity contribution in [2.24, 2.45) is 0 Å². The molecule has 0 aliphatic rings. The molecule has 2 aromatic rings. The van der Waals surface area contributed by atoms with Crippen LogP contribution in [0.4, 0.5) is 0 Å². The molecule has 0 aliphatic heterocycles. The van der Waals surface area contributed by atoms with Gasteiger partial charge in [0.05, 0.1) is 10.7 Å². The van der Waals surface area contributed by atoms with E-state index in [2.05, 4.69) is 26.1 Å². The van der Waals surface area contributed by atoms with E-state index in [0.29, 0.717) is 10.0 Å². The number of rotatable bonds is 1. The molecule has 0 fully saturated rings. The molecule has 0 amide bonds. The predicted octanol–water partition coefficient (Wildman–Crippen LogP) is 4.15. The Labute approximate surface area is 99.4 Å². The normalized spacial score (nSPS) is 10.5. The van der Waals surface area contributed by atoms with Gasteiger partial charge in [0.15, 0.2) is 0 Å². The topological polar surface area (TPSA) is 28.7 Å². The summed E-state index contributed by atoms with van der Waals surface area (Å²) in [5, 5.41) is 8.07. The van der Waals surface area contributed by atoms with E-state index in [-0.39, 0.29) is 0 Å². The van der Waals surface area contributed by atoms with Gasteiger partial charge in [0.25, 0.3) is 0 Å². The molecule has 0 bridgehead atoms. The molecule has 1 heterocycles. The van der Waals surface area contributed by atoms with Gasteiger partial charge < -0.3 is 0 Å². The second-order valence-corrected chi connectivity index (χ2v) is 4.42. The van der Waals surface area contributed by atoms with Crippen molar-refractivity contribution in [3.05, 3.63) is 38.9 Å². The zero-order chi connectivity index (χ0) is 10.1. The molecule has 72 valence electrons. The average molecular weight is 292 g/mol. The maximum Gasteiger partial charge on any atom is 0.101 e. The maximum absolute atomic E-state index is 6.02. The van der Waals surface area contributed by atoms with Crippen LogP contribution in [0.15, 0.2) is 28.9 Å². The zero-order valence-corrected chi connectivity index (χ0v) is 9.99. The first kappa shape index (κ1) is 10.0. The summed E-state index contributed by atoms with van der Waals surface area (Å²) in [6.45, 7) is 0. The molecule has 0 saturated carbocycles. The zero-order valence-electron chi connectivity index (χ0n) is 6.89. The van der Waals surface area contributed by atoms with E-state index in [4.69, 9.17) is 23.2 Å². The molecular weight excluding hydrogens is 287 g/mol. The van der Waals surface area contributed by atoms with Gasteiger partial charge in [0.2, 0.25) is 0 Å². The number of hydrogen-bond acceptors (Lipinski definition) is 1. The fraction of sp³-hybridized carbons (Fsp3) is 0. The quantitative estimate of drug-likeness (QED) is 0.840. The van der Waals surface area contributed by atoms with Crippen LogP contribution < -0.4 is 0 Å². The molecule has 1 aromatic heterocycles. The highest BCUT2D eigenvalue weighted by Gasteiger charge is 2.07. The van der Waals surface area contributed by atoms with Crippen molar-refractivity contribution in [2.45, 2.75) is 0 Å². The van der Waals surface area contributed by atoms with E-state index in [1.165, 1.54) is 0 Å². The largest absolute Gasteiger partial charge is 0.271 e. The van der Waals surface area contributed by atoms with E-state index >= 15 is 0 Å². The van der Waals surface area contributed by atoms with E-state index < -0.39 is 0 Å². The summed E-state index contributed by atoms with van der Waals surface area (Å²) in [4.78, 5) is 0. The number of H-pyrrole nitrogens is 1. The van der Waals surface area contributed by atoms with Crippen molar-refractivity contribution in [1.29, 1.82) is 0 Å². The third kappa shape index (κ3) is 1.95. The van der Waals surface area contributed by atoms with Gasteiger partial charge in [-0.15, -0.1) is 0 Å². The van der Waals surface area contributed by atoms with Gasteiger partial charge in [-0.1, -0.05) is 23.2 Å². The Morgan fingerprint density at radius 1 is 1.21 bits per heavy atom. The molecule has 0 unspecified atom stereocenters. The van der Waals surface area contributed by atoms with Crippen LogP contribution in [0.1, 0.15) is 0 Å². The molecule has 0 atom stereocenters. The lowest BCUT2D eigenvalue weighted by Crippen LogP contribution is -1.79. The number of hydrogen-bond donors (Lipinski definition) is 1. The van der Waals surface area contributed by atoms with Gasteiger partial charge in [-0.3, -0.25) is 5.10 Å². The number of aromatic nitrogens is 2. The lowest BCUT2D eigenvalue weighted by atomic mass is 10.1. The van der Waals surface area contributed by atoms with Crippen LogP contribution in [-0.4, -0.2) is 10.2 Å². The fourth-order valence-corrected chi connectivity index (χ4v) is 1.94. The standard InChI is InChI=1S/C9H5BrCl2N2/c10-9-4-8(13-14-9)6-2-1-5(11)3-7(6)12/h1-4H,(H,13,14). The molecule has 0 aliphatic carbocycles. The lowest BCUT2D eigenvalue weighted by Gasteiger charge is -1.99. The molecule has 0 radical (unpaired) electrons. The number of benzene rings is 1. The Bertz CT molecular complexity index is 468. The summed E-state index contributed by atoms with van der Waals surface area (Å²) in [5.74, 6) is 0. The third-order valence-electron chi connectivity index (χ3n) is 1.75. The van der Waals surface area contributed by atoms with Gasteiger partial charge in [-0.25, -0.2) is 0 Å². The van der Waals surface area contributed by atoms with Crippen molar-refractivity contribution in [1.82, 2.24) is 10.2 Å². The van der Waals surface area contributed by atoms with Crippen molar-refractivity contribution in [2.75, 3.05) is 0 Å². The van der Waals surface area contributed by atoms with E-state index in [1.807, 2.05) is 12.1 Å². The second kappa shape index (κ2) is 3.93. The van der Waals surface area contributed by atoms with Crippen molar-refractivity contribution >= 4 is 39.1 Å². The molecular formula is C9H5BrCl2N2. The number of nitrogens with zero attached hydrogens (tertiary/aromatic N) is 1. The first-order valence-electron chi connectivity index (χ1n) is 3.83. The molecule has 2 nitrogen and oxygen atoms in total. The first-order valence-corrected chi connectivity index (χ1v) is 5.38. The van der Waals surface area contributed by atoms with Crippen LogP contribution in [0.2, 0.25) is 10.0 Å². The molecule has 0 spiro atoms. The van der Waals surface area contributed by atoms with Gasteiger partial charge in [-0.05, 0) is 40.2 Å². The molecule has 5 heteroatoms. The smallest absolute Gasteiger partial charge is 0.101 e. The highest BCUT2D eigenvalue weighted by Crippen LogP contribution is 2.29. The molecule has 14 heavy (non-hydrogen) atoms. The van der Waals surface area contributed by atoms with Gasteiger partial charge >= 0.3 is 0 Å². The van der Waals surface area contributed by atoms with E-state index in [9.17, 15) is 0 Å². The minimum absolute atomic E-state index is 0.594. The number of halogens is 3. The lowest BCUT2D eigenvalue weighted by molar-refractivity contribution is 1.07. The van der Waals surface area contributed by atoms with Gasteiger partial charge in [-0.2, -0.15) is 5.10 Å². The summed E-state index contributed by atoms with van der Waals surface area (Å²) in [6, 6.07) is 7.18. The van der Waals surface area contributed by atoms with Crippen molar-refractivity contribution < 1.29 is 0 Å². The Hall–Kier alpha value is -0.510. The SMILES string of the molecule is Clc1ccc(-c2cc(Br)[nH]n2)c(Cl)c1. The highest BCUT2D eigenvalue weighted by molar-refractivity contribution is 9.10. The van der Waals surface area contributed by atoms with Crippen LogP contribution >= 0.6 is 39.1 Å². The minimum Gasteiger partial charge on any atom is -0.271 e. The number of nitrogens with one attached hydrogen (secondary N) is 1. The fourth-order valence-electron chi connectivity index (χ4n) is 1.13. The second-order valence-electron chi connectivity index (χ2n) is 2.73. The van der Waals surface area contributed by atoms with Crippen LogP contribution in [0.25, 0.3) is 11.3 Å². The maximum atomic E-state index is 6.02. The van der Waals surface area contributed by atoms with Crippen LogP contribution in [0, 0.1) is 0 Å². The summed E-state index contributed by atoms with van der Waals surface area (Å²) in [5.41, 5.74) is 1.65. The first-order chi connectivity index (χ1) is 6.66. The summed E-state index contributed by atoms with van der Waals surface area (Å²) in [7, 11) is 0. The van der Waals surface area contributed by atoms with Crippen LogP contribution in [0.3, 0.4) is 0 Å². The van der Waals surface area contributed by atoms with Crippen molar-refractivity contribution in [3.63, 3.8) is 0 Å². The van der Waals surface area contributed by atoms with Gasteiger partial charge in [0, 0.05) is 10.6 Å². The Kier molecular flexibility index (Phi) is 2.81. The summed E-state index contributed by atoms with van der Waals surface area (Å²) in [6.07, 6.45) is 0. The third-order valence-corrected chi connectivity index (χ3v) is 2.71. The Balaban J connectivity index is 2.52. The Morgan fingerprint density at radius 2 is 2.00 bits per heavy atom. The highest BCUT2D eigenvalue weighted by atomic mass is 79.9. The van der Waals surface area contributed by atoms with E-state index in [0.717, 1.165) is 15.9 Å². The average Bonchev–Trinajstić information content (AvgIpc) is 2.51. The van der Waals surface area contributed by atoms with Crippen LogP contribution in [-0.2, 0) is 0 Å². The molecule has 1 N–H and O–H groups in total. The summed E-state index contributed by atoms with van der Waals surface area (Å²) >= 11 is 15.1. The van der Waals surface area contributed by atoms with Crippen molar-refractivity contribution in [3.8, 4) is 11.3 Å². The molecule has 0 saturated heterocycles. The predicted molar refractivity (Wildman–Crippen MR) is 61.7 cm³/mol. The van der Waals surface area contributed by atoms with E-state index in [1.54, 1.807) is 12.1 Å². The van der Waals surface area contributed by atoms with Crippen LogP contribution in [0.5, 0.6) is 0 Å². The summed E-state index contributed by atoms with van der Waals surface area (Å²) < 4.78 is 0.818. The van der Waals surface area contributed by atoms with Gasteiger partial charge in [0.1, 0.15) is 4.60 Å². The monoisotopic (exact) mass is 290 g/mol.